The number of carbonyl (C=O) groups is 2. The Morgan fingerprint density at radius 3 is 2.64 bits per heavy atom. The van der Waals surface area contributed by atoms with E-state index in [-0.39, 0.29) is 24.0 Å². The molecule has 4 aliphatic carbocycles. The second kappa shape index (κ2) is 5.99. The van der Waals surface area contributed by atoms with Crippen molar-refractivity contribution in [3.63, 3.8) is 0 Å². The Kier molecular flexibility index (Phi) is 4.23. The van der Waals surface area contributed by atoms with Gasteiger partial charge in [0.05, 0.1) is 6.10 Å². The van der Waals surface area contributed by atoms with E-state index in [1.807, 2.05) is 13.8 Å². The number of rotatable bonds is 2. The summed E-state index contributed by atoms with van der Waals surface area (Å²) in [5.41, 5.74) is -2.88. The van der Waals surface area contributed by atoms with Crippen molar-refractivity contribution in [1.29, 1.82) is 0 Å². The summed E-state index contributed by atoms with van der Waals surface area (Å²) in [6.07, 6.45) is 3.53. The van der Waals surface area contributed by atoms with Crippen LogP contribution >= 0.6 is 0 Å². The molecule has 28 heavy (non-hydrogen) atoms. The molecule has 154 valence electrons. The molecule has 0 amide bonds. The molecule has 6 heteroatoms. The summed E-state index contributed by atoms with van der Waals surface area (Å²) in [7, 11) is 0. The first-order chi connectivity index (χ1) is 13.0. The number of alkyl halides is 1. The van der Waals surface area contributed by atoms with Crippen LogP contribution in [0.3, 0.4) is 0 Å². The van der Waals surface area contributed by atoms with E-state index < -0.39 is 46.5 Å². The van der Waals surface area contributed by atoms with Gasteiger partial charge in [-0.3, -0.25) is 4.79 Å². The van der Waals surface area contributed by atoms with Crippen LogP contribution in [0.1, 0.15) is 46.5 Å². The van der Waals surface area contributed by atoms with Gasteiger partial charge < -0.3 is 15.3 Å². The number of aliphatic carboxylic acids is 1. The summed E-state index contributed by atoms with van der Waals surface area (Å²) in [4.78, 5) is 23.3. The minimum atomic E-state index is -1.92. The zero-order valence-corrected chi connectivity index (χ0v) is 16.6. The summed E-state index contributed by atoms with van der Waals surface area (Å²) in [5.74, 6) is -2.59. The lowest BCUT2D eigenvalue weighted by Crippen LogP contribution is -2.67. The van der Waals surface area contributed by atoms with Gasteiger partial charge in [-0.25, -0.2) is 9.18 Å². The van der Waals surface area contributed by atoms with Crippen molar-refractivity contribution < 1.29 is 29.3 Å². The fraction of sp³-hybridized carbons (Fsp3) is 0.727. The number of carboxylic acids is 1. The topological polar surface area (TPSA) is 94.8 Å². The molecule has 0 unspecified atom stereocenters. The zero-order valence-electron chi connectivity index (χ0n) is 16.6. The van der Waals surface area contributed by atoms with Crippen LogP contribution in [0.5, 0.6) is 0 Å². The van der Waals surface area contributed by atoms with Crippen LogP contribution in [-0.4, -0.2) is 44.9 Å². The molecule has 3 N–H and O–H groups in total. The van der Waals surface area contributed by atoms with Gasteiger partial charge in [0.25, 0.3) is 0 Å². The van der Waals surface area contributed by atoms with Crippen LogP contribution in [0, 0.1) is 34.5 Å². The van der Waals surface area contributed by atoms with Crippen molar-refractivity contribution in [3.8, 4) is 0 Å². The largest absolute Gasteiger partial charge is 0.479 e. The van der Waals surface area contributed by atoms with Crippen LogP contribution < -0.4 is 0 Å². The highest BCUT2D eigenvalue weighted by Gasteiger charge is 2.71. The van der Waals surface area contributed by atoms with Crippen LogP contribution in [-0.2, 0) is 9.59 Å². The molecule has 0 bridgehead atoms. The minimum Gasteiger partial charge on any atom is -0.479 e. The van der Waals surface area contributed by atoms with Gasteiger partial charge in [-0.05, 0) is 62.0 Å². The molecular weight excluding hydrogens is 363 g/mol. The molecular formula is C22H29FO5. The van der Waals surface area contributed by atoms with Crippen molar-refractivity contribution in [2.75, 3.05) is 0 Å². The molecule has 4 rings (SSSR count). The molecule has 0 aromatic heterocycles. The maximum Gasteiger partial charge on any atom is 0.332 e. The van der Waals surface area contributed by atoms with Gasteiger partial charge in [0.15, 0.2) is 17.6 Å². The third-order valence-corrected chi connectivity index (χ3v) is 8.67. The fourth-order valence-corrected chi connectivity index (χ4v) is 7.44. The molecule has 3 saturated carbocycles. The second-order valence-corrected chi connectivity index (χ2v) is 9.87. The number of fused-ring (bicyclic) bond motifs is 5. The molecule has 0 aromatic carbocycles. The fourth-order valence-electron chi connectivity index (χ4n) is 7.44. The Balaban J connectivity index is 1.79. The van der Waals surface area contributed by atoms with E-state index in [0.717, 1.165) is 5.57 Å². The standard InChI is InChI=1S/C22H29FO5/c1-11-8-15-14-5-4-12-9-13(24)6-7-21(12,3)22(14,23)16(25)10-20(15,2)17(11)18(26)19(27)28/h6-7,9,11,14-18,25-26H,4-5,8,10H2,1-3H3,(H,27,28)/t11-,14+,15+,16+,17-,18-,20+,21+,22+/m1/s1. The van der Waals surface area contributed by atoms with Gasteiger partial charge in [-0.15, -0.1) is 0 Å². The molecule has 0 saturated heterocycles. The Bertz CT molecular complexity index is 790. The first-order valence-corrected chi connectivity index (χ1v) is 10.2. The van der Waals surface area contributed by atoms with Crippen molar-refractivity contribution in [3.05, 3.63) is 23.8 Å². The summed E-state index contributed by atoms with van der Waals surface area (Å²) < 4.78 is 16.8. The molecule has 0 spiro atoms. The van der Waals surface area contributed by atoms with Crippen LogP contribution in [0.25, 0.3) is 0 Å². The molecule has 0 heterocycles. The van der Waals surface area contributed by atoms with E-state index in [2.05, 4.69) is 0 Å². The van der Waals surface area contributed by atoms with Crippen molar-refractivity contribution in [2.45, 2.75) is 64.3 Å². The van der Waals surface area contributed by atoms with Gasteiger partial charge in [0.2, 0.25) is 0 Å². The Labute approximate surface area is 164 Å². The highest BCUT2D eigenvalue weighted by molar-refractivity contribution is 6.01. The number of carbonyl (C=O) groups excluding carboxylic acids is 1. The Hall–Kier alpha value is -1.53. The molecule has 3 fully saturated rings. The van der Waals surface area contributed by atoms with Gasteiger partial charge >= 0.3 is 5.97 Å². The van der Waals surface area contributed by atoms with Gasteiger partial charge in [-0.1, -0.05) is 25.5 Å². The number of aliphatic hydroxyl groups excluding tert-OH is 2. The summed E-state index contributed by atoms with van der Waals surface area (Å²) in [6, 6.07) is 0. The summed E-state index contributed by atoms with van der Waals surface area (Å²) in [5, 5.41) is 30.9. The zero-order chi connectivity index (χ0) is 20.6. The average Bonchev–Trinajstić information content (AvgIpc) is 2.86. The lowest BCUT2D eigenvalue weighted by Gasteiger charge is -2.62. The normalized spacial score (nSPS) is 51.0. The van der Waals surface area contributed by atoms with Gasteiger partial charge in [-0.2, -0.15) is 0 Å². The second-order valence-electron chi connectivity index (χ2n) is 9.87. The monoisotopic (exact) mass is 392 g/mol. The highest BCUT2D eigenvalue weighted by atomic mass is 19.1. The van der Waals surface area contributed by atoms with Crippen LogP contribution in [0.15, 0.2) is 23.8 Å². The maximum atomic E-state index is 16.8. The third kappa shape index (κ3) is 2.25. The van der Waals surface area contributed by atoms with Gasteiger partial charge in [0.1, 0.15) is 0 Å². The van der Waals surface area contributed by atoms with Gasteiger partial charge in [0, 0.05) is 17.3 Å². The summed E-state index contributed by atoms with van der Waals surface area (Å²) in [6.45, 7) is 5.60. The number of hydrogen-bond donors (Lipinski definition) is 3. The number of aliphatic hydroxyl groups is 2. The highest BCUT2D eigenvalue weighted by Crippen LogP contribution is 2.70. The predicted octanol–water partition coefficient (Wildman–Crippen LogP) is 2.66. The van der Waals surface area contributed by atoms with E-state index in [9.17, 15) is 24.9 Å². The molecule has 4 aliphatic rings. The number of ketones is 1. The number of allylic oxidation sites excluding steroid dienone is 4. The minimum absolute atomic E-state index is 0.0797. The molecule has 0 radical (unpaired) electrons. The lowest BCUT2D eigenvalue weighted by atomic mass is 9.45. The molecule has 0 aromatic rings. The number of hydrogen-bond acceptors (Lipinski definition) is 4. The summed E-state index contributed by atoms with van der Waals surface area (Å²) >= 11 is 0. The van der Waals surface area contributed by atoms with E-state index in [1.54, 1.807) is 13.0 Å². The smallest absolute Gasteiger partial charge is 0.332 e. The van der Waals surface area contributed by atoms with Crippen molar-refractivity contribution in [2.24, 2.45) is 34.5 Å². The first-order valence-electron chi connectivity index (χ1n) is 10.2. The lowest BCUT2D eigenvalue weighted by molar-refractivity contribution is -0.202. The van der Waals surface area contributed by atoms with E-state index in [0.29, 0.717) is 19.3 Å². The van der Waals surface area contributed by atoms with Crippen molar-refractivity contribution in [1.82, 2.24) is 0 Å². The number of carboxylic acid groups (broad SMARTS) is 1. The Morgan fingerprint density at radius 2 is 2.00 bits per heavy atom. The maximum absolute atomic E-state index is 16.8. The predicted molar refractivity (Wildman–Crippen MR) is 100 cm³/mol. The molecule has 9 atom stereocenters. The van der Waals surface area contributed by atoms with E-state index >= 15 is 4.39 Å². The van der Waals surface area contributed by atoms with Crippen molar-refractivity contribution >= 4 is 11.8 Å². The van der Waals surface area contributed by atoms with E-state index in [4.69, 9.17) is 0 Å². The third-order valence-electron chi connectivity index (χ3n) is 8.67. The van der Waals surface area contributed by atoms with Crippen LogP contribution in [0.2, 0.25) is 0 Å². The van der Waals surface area contributed by atoms with Crippen LogP contribution in [0.4, 0.5) is 4.39 Å². The molecule has 0 aliphatic heterocycles. The average molecular weight is 392 g/mol. The quantitative estimate of drug-likeness (QED) is 0.672. The Morgan fingerprint density at radius 1 is 1.32 bits per heavy atom. The van der Waals surface area contributed by atoms with E-state index in [1.165, 1.54) is 12.2 Å². The molecule has 5 nitrogen and oxygen atoms in total. The first kappa shape index (κ1) is 19.8. The SMILES string of the molecule is C[C@@H]1C[C@H]2[C@@H]3CCC4=CC(=O)C=C[C@]4(C)[C@@]3(F)[C@@H](O)C[C@]2(C)[C@H]1[C@@H](O)C(=O)O. The number of halogens is 1.